The van der Waals surface area contributed by atoms with Gasteiger partial charge in [-0.25, -0.2) is 0 Å². The average Bonchev–Trinajstić information content (AvgIpc) is 2.50. The summed E-state index contributed by atoms with van der Waals surface area (Å²) in [6, 6.07) is 5.84. The van der Waals surface area contributed by atoms with Gasteiger partial charge in [-0.2, -0.15) is 4.91 Å². The Balaban J connectivity index is 0.00000211. The lowest BCUT2D eigenvalue weighted by molar-refractivity contribution is -0.117. The van der Waals surface area contributed by atoms with Gasteiger partial charge in [-0.1, -0.05) is 44.5 Å². The predicted octanol–water partition coefficient (Wildman–Crippen LogP) is 3.64. The smallest absolute Gasteiger partial charge is 0.221 e. The summed E-state index contributed by atoms with van der Waals surface area (Å²) in [5.41, 5.74) is 8.25. The van der Waals surface area contributed by atoms with E-state index in [1.54, 1.807) is 0 Å². The molecule has 22 heavy (non-hydrogen) atoms. The van der Waals surface area contributed by atoms with Crippen LogP contribution in [0.3, 0.4) is 0 Å². The fraction of sp³-hybridized carbons (Fsp3) is 0.588. The molecule has 124 valence electrons. The first kappa shape index (κ1) is 20.1. The molecule has 1 atom stereocenters. The SMILES string of the molecule is CC.CCC(CCNc1ccc(CC(N)=O)cc1C)CN=O. The molecule has 0 aromatic heterocycles. The molecule has 1 amide bonds. The van der Waals surface area contributed by atoms with Crippen molar-refractivity contribution >= 4 is 11.6 Å². The van der Waals surface area contributed by atoms with E-state index in [1.807, 2.05) is 39.0 Å². The molecule has 0 aliphatic rings. The molecule has 0 aliphatic carbocycles. The Morgan fingerprint density at radius 3 is 2.55 bits per heavy atom. The van der Waals surface area contributed by atoms with E-state index in [-0.39, 0.29) is 12.3 Å². The minimum Gasteiger partial charge on any atom is -0.385 e. The number of nitrogens with zero attached hydrogens (tertiary/aromatic N) is 1. The lowest BCUT2D eigenvalue weighted by Gasteiger charge is -2.14. The van der Waals surface area contributed by atoms with Crippen molar-refractivity contribution in [3.63, 3.8) is 0 Å². The van der Waals surface area contributed by atoms with Crippen LogP contribution < -0.4 is 11.1 Å². The Morgan fingerprint density at radius 2 is 2.05 bits per heavy atom. The maximum atomic E-state index is 10.9. The maximum absolute atomic E-state index is 10.9. The molecule has 0 saturated carbocycles. The number of primary amides is 1. The Kier molecular flexibility index (Phi) is 10.7. The van der Waals surface area contributed by atoms with E-state index in [2.05, 4.69) is 17.4 Å². The number of carbonyl (C=O) groups excluding carboxylic acids is 1. The summed E-state index contributed by atoms with van der Waals surface area (Å²) in [7, 11) is 0. The number of hydrogen-bond donors (Lipinski definition) is 2. The van der Waals surface area contributed by atoms with Gasteiger partial charge in [0.15, 0.2) is 0 Å². The minimum absolute atomic E-state index is 0.268. The molecule has 0 heterocycles. The molecule has 1 aromatic carbocycles. The number of hydrogen-bond acceptors (Lipinski definition) is 4. The van der Waals surface area contributed by atoms with Crippen LogP contribution in [0, 0.1) is 17.7 Å². The van der Waals surface area contributed by atoms with E-state index in [0.29, 0.717) is 12.5 Å². The molecule has 5 heteroatoms. The molecule has 0 fully saturated rings. The van der Waals surface area contributed by atoms with Crippen molar-refractivity contribution in [3.05, 3.63) is 34.2 Å². The van der Waals surface area contributed by atoms with Gasteiger partial charge in [-0.05, 0) is 36.5 Å². The lowest BCUT2D eigenvalue weighted by Crippen LogP contribution is -2.14. The summed E-state index contributed by atoms with van der Waals surface area (Å²) < 4.78 is 0. The first-order valence-electron chi connectivity index (χ1n) is 7.97. The van der Waals surface area contributed by atoms with Crippen molar-refractivity contribution in [2.24, 2.45) is 16.8 Å². The first-order chi connectivity index (χ1) is 10.6. The predicted molar refractivity (Wildman–Crippen MR) is 93.0 cm³/mol. The number of amides is 1. The molecule has 0 bridgehead atoms. The van der Waals surface area contributed by atoms with Gasteiger partial charge in [-0.3, -0.25) is 4.79 Å². The summed E-state index contributed by atoms with van der Waals surface area (Å²) in [4.78, 5) is 21.2. The molecule has 1 aromatic rings. The number of rotatable bonds is 9. The highest BCUT2D eigenvalue weighted by molar-refractivity contribution is 5.76. The van der Waals surface area contributed by atoms with Crippen LogP contribution in [0.25, 0.3) is 0 Å². The summed E-state index contributed by atoms with van der Waals surface area (Å²) >= 11 is 0. The molecule has 1 rings (SSSR count). The molecule has 0 saturated heterocycles. The molecular weight excluding hydrogens is 278 g/mol. The van der Waals surface area contributed by atoms with Crippen LogP contribution in [0.5, 0.6) is 0 Å². The highest BCUT2D eigenvalue weighted by Gasteiger charge is 2.07. The van der Waals surface area contributed by atoms with Crippen LogP contribution in [-0.4, -0.2) is 19.0 Å². The molecule has 0 radical (unpaired) electrons. The second kappa shape index (κ2) is 11.7. The topological polar surface area (TPSA) is 84.5 Å². The number of nitroso groups, excluding NO2 is 1. The first-order valence-corrected chi connectivity index (χ1v) is 7.97. The minimum atomic E-state index is -0.322. The average molecular weight is 307 g/mol. The van der Waals surface area contributed by atoms with Crippen molar-refractivity contribution < 1.29 is 4.79 Å². The Hall–Kier alpha value is -1.91. The van der Waals surface area contributed by atoms with Gasteiger partial charge in [0.05, 0.1) is 13.0 Å². The van der Waals surface area contributed by atoms with E-state index in [0.717, 1.165) is 36.2 Å². The van der Waals surface area contributed by atoms with Crippen LogP contribution in [0.15, 0.2) is 23.4 Å². The standard InChI is InChI=1S/C15H23N3O2.C2H6/c1-3-12(10-18-20)6-7-17-14-5-4-13(8-11(14)2)9-15(16)19;1-2/h4-5,8,12,17H,3,6-7,9-10H2,1-2H3,(H2,16,19);1-2H3. The van der Waals surface area contributed by atoms with E-state index < -0.39 is 0 Å². The van der Waals surface area contributed by atoms with Gasteiger partial charge >= 0.3 is 0 Å². The quantitative estimate of drug-likeness (QED) is 0.683. The molecular formula is C17H29N3O2. The zero-order chi connectivity index (χ0) is 17.0. The van der Waals surface area contributed by atoms with Crippen molar-refractivity contribution in [1.82, 2.24) is 0 Å². The van der Waals surface area contributed by atoms with Gasteiger partial charge in [0.1, 0.15) is 0 Å². The van der Waals surface area contributed by atoms with E-state index in [1.165, 1.54) is 0 Å². The van der Waals surface area contributed by atoms with E-state index >= 15 is 0 Å². The largest absolute Gasteiger partial charge is 0.385 e. The molecule has 0 aliphatic heterocycles. The number of nitrogens with two attached hydrogens (primary N) is 1. The third kappa shape index (κ3) is 7.76. The van der Waals surface area contributed by atoms with E-state index in [9.17, 15) is 9.70 Å². The fourth-order valence-electron chi connectivity index (χ4n) is 2.18. The highest BCUT2D eigenvalue weighted by atomic mass is 16.3. The normalized spacial score (nSPS) is 11.1. The van der Waals surface area contributed by atoms with Gasteiger partial charge < -0.3 is 11.1 Å². The Labute approximate surface area is 133 Å². The third-order valence-electron chi connectivity index (χ3n) is 3.45. The van der Waals surface area contributed by atoms with Gasteiger partial charge in [0.25, 0.3) is 0 Å². The molecule has 3 N–H and O–H groups in total. The van der Waals surface area contributed by atoms with Gasteiger partial charge in [0, 0.05) is 12.2 Å². The molecule has 0 spiro atoms. The zero-order valence-corrected chi connectivity index (χ0v) is 14.2. The van der Waals surface area contributed by atoms with E-state index in [4.69, 9.17) is 5.73 Å². The van der Waals surface area contributed by atoms with Gasteiger partial charge in [0.2, 0.25) is 5.91 Å². The lowest BCUT2D eigenvalue weighted by atomic mass is 10.0. The number of carbonyl (C=O) groups is 1. The fourth-order valence-corrected chi connectivity index (χ4v) is 2.18. The van der Waals surface area contributed by atoms with Crippen molar-refractivity contribution in [1.29, 1.82) is 0 Å². The Morgan fingerprint density at radius 1 is 1.36 bits per heavy atom. The summed E-state index contributed by atoms with van der Waals surface area (Å²) in [5, 5.41) is 6.32. The monoisotopic (exact) mass is 307 g/mol. The van der Waals surface area contributed by atoms with Crippen molar-refractivity contribution in [2.45, 2.75) is 47.0 Å². The summed E-state index contributed by atoms with van der Waals surface area (Å²) in [6.45, 7) is 9.26. The zero-order valence-electron chi connectivity index (χ0n) is 14.2. The Bertz CT molecular complexity index is 461. The number of nitrogens with one attached hydrogen (secondary N) is 1. The number of anilines is 1. The number of benzene rings is 1. The van der Waals surface area contributed by atoms with Crippen LogP contribution in [-0.2, 0) is 11.2 Å². The third-order valence-corrected chi connectivity index (χ3v) is 3.45. The van der Waals surface area contributed by atoms with Gasteiger partial charge in [-0.15, -0.1) is 0 Å². The summed E-state index contributed by atoms with van der Waals surface area (Å²) in [5.74, 6) is 0.0201. The van der Waals surface area contributed by atoms with Crippen LogP contribution in [0.1, 0.15) is 44.7 Å². The number of aryl methyl sites for hydroxylation is 1. The molecule has 1 unspecified atom stereocenters. The highest BCUT2D eigenvalue weighted by Crippen LogP contribution is 2.18. The van der Waals surface area contributed by atoms with Crippen LogP contribution >= 0.6 is 0 Å². The van der Waals surface area contributed by atoms with Crippen LogP contribution in [0.2, 0.25) is 0 Å². The second-order valence-corrected chi connectivity index (χ2v) is 5.09. The second-order valence-electron chi connectivity index (χ2n) is 5.09. The molecule has 5 nitrogen and oxygen atoms in total. The summed E-state index contributed by atoms with van der Waals surface area (Å²) in [6.07, 6.45) is 2.15. The van der Waals surface area contributed by atoms with Crippen LogP contribution in [0.4, 0.5) is 5.69 Å². The van der Waals surface area contributed by atoms with Crippen molar-refractivity contribution in [2.75, 3.05) is 18.4 Å². The maximum Gasteiger partial charge on any atom is 0.221 e. The van der Waals surface area contributed by atoms with Crippen molar-refractivity contribution in [3.8, 4) is 0 Å².